The average Bonchev–Trinajstić information content (AvgIpc) is 3.18. The van der Waals surface area contributed by atoms with Crippen LogP contribution in [-0.4, -0.2) is 0 Å². The molecule has 0 aliphatic heterocycles. The lowest BCUT2D eigenvalue weighted by Gasteiger charge is -2.16. The fourth-order valence-corrected chi connectivity index (χ4v) is 4.91. The van der Waals surface area contributed by atoms with Crippen molar-refractivity contribution in [3.05, 3.63) is 64.8 Å². The van der Waals surface area contributed by atoms with Crippen molar-refractivity contribution in [2.24, 2.45) is 13.0 Å². The van der Waals surface area contributed by atoms with Gasteiger partial charge in [0.25, 0.3) is 0 Å². The molecule has 146 valence electrons. The Morgan fingerprint density at radius 3 is 2.43 bits per heavy atom. The first-order valence-electron chi connectivity index (χ1n) is 11.0. The Morgan fingerprint density at radius 2 is 1.71 bits per heavy atom. The van der Waals surface area contributed by atoms with Crippen molar-refractivity contribution in [3.63, 3.8) is 0 Å². The second kappa shape index (κ2) is 7.70. The molecule has 1 aliphatic carbocycles. The van der Waals surface area contributed by atoms with E-state index in [4.69, 9.17) is 0 Å². The van der Waals surface area contributed by atoms with E-state index in [0.717, 1.165) is 12.3 Å². The quantitative estimate of drug-likeness (QED) is 0.443. The molecule has 0 unspecified atom stereocenters. The lowest BCUT2D eigenvalue weighted by molar-refractivity contribution is -0.659. The molecule has 4 rings (SSSR count). The third kappa shape index (κ3) is 3.72. The summed E-state index contributed by atoms with van der Waals surface area (Å²) in [6, 6.07) is 14.3. The zero-order chi connectivity index (χ0) is 19.8. The van der Waals surface area contributed by atoms with Gasteiger partial charge in [-0.1, -0.05) is 44.9 Å². The van der Waals surface area contributed by atoms with Crippen LogP contribution in [0.15, 0.2) is 42.6 Å². The minimum absolute atomic E-state index is 0.685. The number of benzene rings is 2. The lowest BCUT2D eigenvalue weighted by atomic mass is 9.89. The molecule has 0 amide bonds. The minimum atomic E-state index is 0.685. The van der Waals surface area contributed by atoms with E-state index in [1.165, 1.54) is 64.4 Å². The Kier molecular flexibility index (Phi) is 5.27. The van der Waals surface area contributed by atoms with Crippen LogP contribution in [0.2, 0.25) is 0 Å². The molecule has 1 nitrogen and oxygen atoms in total. The van der Waals surface area contributed by atoms with E-state index < -0.39 is 0 Å². The van der Waals surface area contributed by atoms with Crippen LogP contribution in [0.4, 0.5) is 0 Å². The molecule has 0 saturated heterocycles. The highest BCUT2D eigenvalue weighted by molar-refractivity contribution is 5.85. The number of hydrogen-bond donors (Lipinski definition) is 0. The average molecular weight is 373 g/mol. The third-order valence-corrected chi connectivity index (χ3v) is 6.59. The van der Waals surface area contributed by atoms with Gasteiger partial charge in [0, 0.05) is 17.0 Å². The van der Waals surface area contributed by atoms with E-state index >= 15 is 0 Å². The molecule has 1 aromatic heterocycles. The number of pyridine rings is 1. The number of fused-ring (bicyclic) bond motifs is 1. The first-order valence-corrected chi connectivity index (χ1v) is 11.0. The van der Waals surface area contributed by atoms with E-state index in [1.54, 1.807) is 5.56 Å². The molecular formula is C27H34N+. The predicted molar refractivity (Wildman–Crippen MR) is 120 cm³/mol. The molecule has 0 spiro atoms. The van der Waals surface area contributed by atoms with Crippen LogP contribution in [0.5, 0.6) is 0 Å². The van der Waals surface area contributed by atoms with Gasteiger partial charge in [-0.05, 0) is 84.7 Å². The van der Waals surface area contributed by atoms with E-state index in [1.807, 2.05) is 0 Å². The first kappa shape index (κ1) is 19.2. The van der Waals surface area contributed by atoms with Crippen molar-refractivity contribution in [3.8, 4) is 11.3 Å². The Balaban J connectivity index is 1.84. The van der Waals surface area contributed by atoms with Crippen molar-refractivity contribution in [1.82, 2.24) is 0 Å². The van der Waals surface area contributed by atoms with Crippen LogP contribution in [0, 0.1) is 19.8 Å². The molecule has 0 N–H and O–H groups in total. The van der Waals surface area contributed by atoms with Gasteiger partial charge in [-0.2, -0.15) is 0 Å². The van der Waals surface area contributed by atoms with Gasteiger partial charge in [-0.3, -0.25) is 0 Å². The van der Waals surface area contributed by atoms with Crippen molar-refractivity contribution in [2.45, 2.75) is 65.7 Å². The summed E-state index contributed by atoms with van der Waals surface area (Å²) in [5.41, 5.74) is 8.55. The monoisotopic (exact) mass is 372 g/mol. The number of aryl methyl sites for hydroxylation is 2. The SMILES string of the molecule is Cc1cc(C2CCCC2)cc(-c2cc3cc(CC(C)C)ccc3c[n+]2C)c1C. The van der Waals surface area contributed by atoms with Crippen LogP contribution in [-0.2, 0) is 13.5 Å². The van der Waals surface area contributed by atoms with E-state index in [2.05, 4.69) is 81.9 Å². The zero-order valence-electron chi connectivity index (χ0n) is 18.2. The highest BCUT2D eigenvalue weighted by atomic mass is 14.9. The first-order chi connectivity index (χ1) is 13.4. The molecule has 0 radical (unpaired) electrons. The Bertz CT molecular complexity index is 1010. The van der Waals surface area contributed by atoms with Crippen LogP contribution in [0.3, 0.4) is 0 Å². The van der Waals surface area contributed by atoms with Crippen molar-refractivity contribution >= 4 is 10.8 Å². The molecule has 0 bridgehead atoms. The third-order valence-electron chi connectivity index (χ3n) is 6.59. The summed E-state index contributed by atoms with van der Waals surface area (Å²) >= 11 is 0. The van der Waals surface area contributed by atoms with Crippen LogP contribution < -0.4 is 4.57 Å². The van der Waals surface area contributed by atoms with Crippen LogP contribution >= 0.6 is 0 Å². The summed E-state index contributed by atoms with van der Waals surface area (Å²) < 4.78 is 2.31. The maximum atomic E-state index is 2.48. The smallest absolute Gasteiger partial charge is 0.200 e. The molecule has 1 heterocycles. The second-order valence-electron chi connectivity index (χ2n) is 9.32. The van der Waals surface area contributed by atoms with Crippen molar-refractivity contribution in [1.29, 1.82) is 0 Å². The number of aromatic nitrogens is 1. The second-order valence-corrected chi connectivity index (χ2v) is 9.32. The normalized spacial score (nSPS) is 15.1. The van der Waals surface area contributed by atoms with Crippen LogP contribution in [0.1, 0.15) is 67.7 Å². The van der Waals surface area contributed by atoms with E-state index in [9.17, 15) is 0 Å². The fourth-order valence-electron chi connectivity index (χ4n) is 4.91. The zero-order valence-corrected chi connectivity index (χ0v) is 18.2. The molecule has 28 heavy (non-hydrogen) atoms. The van der Waals surface area contributed by atoms with Crippen molar-refractivity contribution in [2.75, 3.05) is 0 Å². The lowest BCUT2D eigenvalue weighted by Crippen LogP contribution is -2.30. The highest BCUT2D eigenvalue weighted by Crippen LogP contribution is 2.37. The molecule has 0 atom stereocenters. The van der Waals surface area contributed by atoms with Crippen LogP contribution in [0.25, 0.3) is 22.0 Å². The van der Waals surface area contributed by atoms with E-state index in [-0.39, 0.29) is 0 Å². The summed E-state index contributed by atoms with van der Waals surface area (Å²) in [7, 11) is 2.19. The largest absolute Gasteiger partial charge is 0.213 e. The van der Waals surface area contributed by atoms with Gasteiger partial charge in [0.2, 0.25) is 5.69 Å². The van der Waals surface area contributed by atoms with Crippen molar-refractivity contribution < 1.29 is 4.57 Å². The van der Waals surface area contributed by atoms with Gasteiger partial charge in [0.15, 0.2) is 6.20 Å². The standard InChI is InChI=1S/C27H34N/c1-18(2)12-21-10-11-23-17-28(5)27(16-25(23)14-21)26-15-24(13-19(3)20(26)4)22-8-6-7-9-22/h10-11,13-18,22H,6-9,12H2,1-5H3/q+1. The number of hydrogen-bond acceptors (Lipinski definition) is 0. The molecular weight excluding hydrogens is 338 g/mol. The molecule has 1 saturated carbocycles. The van der Waals surface area contributed by atoms with E-state index in [0.29, 0.717) is 5.92 Å². The van der Waals surface area contributed by atoms with Gasteiger partial charge >= 0.3 is 0 Å². The van der Waals surface area contributed by atoms with Gasteiger partial charge in [-0.15, -0.1) is 0 Å². The fraction of sp³-hybridized carbons (Fsp3) is 0.444. The summed E-state index contributed by atoms with van der Waals surface area (Å²) in [6.07, 6.45) is 8.90. The maximum absolute atomic E-state index is 2.48. The highest BCUT2D eigenvalue weighted by Gasteiger charge is 2.22. The Labute approximate surface area is 170 Å². The minimum Gasteiger partial charge on any atom is -0.200 e. The summed E-state index contributed by atoms with van der Waals surface area (Å²) in [5.74, 6) is 1.44. The van der Waals surface area contributed by atoms with Gasteiger partial charge in [0.1, 0.15) is 7.05 Å². The molecule has 2 aromatic carbocycles. The number of nitrogens with zero attached hydrogens (tertiary/aromatic N) is 1. The predicted octanol–water partition coefficient (Wildman–Crippen LogP) is 6.80. The number of rotatable bonds is 4. The maximum Gasteiger partial charge on any atom is 0.213 e. The van der Waals surface area contributed by atoms with Gasteiger partial charge in [-0.25, -0.2) is 4.57 Å². The summed E-state index contributed by atoms with van der Waals surface area (Å²) in [5, 5.41) is 2.68. The van der Waals surface area contributed by atoms with Gasteiger partial charge < -0.3 is 0 Å². The van der Waals surface area contributed by atoms with Gasteiger partial charge in [0.05, 0.1) is 0 Å². The molecule has 1 aliphatic rings. The summed E-state index contributed by atoms with van der Waals surface area (Å²) in [4.78, 5) is 0. The summed E-state index contributed by atoms with van der Waals surface area (Å²) in [6.45, 7) is 9.14. The topological polar surface area (TPSA) is 3.88 Å². The Morgan fingerprint density at radius 1 is 0.964 bits per heavy atom. The Hall–Kier alpha value is -2.15. The molecule has 1 fully saturated rings. The molecule has 1 heteroatoms. The molecule has 3 aromatic rings.